The minimum absolute atomic E-state index is 0.145. The number of hydrogen-bond acceptors (Lipinski definition) is 3. The van der Waals surface area contributed by atoms with E-state index in [-0.39, 0.29) is 18.2 Å². The molecule has 0 saturated carbocycles. The normalized spacial score (nSPS) is 19.5. The molecule has 2 rings (SSSR count). The summed E-state index contributed by atoms with van der Waals surface area (Å²) in [6, 6.07) is 4.82. The van der Waals surface area contributed by atoms with Crippen molar-refractivity contribution in [3.05, 3.63) is 27.7 Å². The number of likely N-dealkylation sites (N-methyl/N-ethyl adjacent to an activating group) is 1. The van der Waals surface area contributed by atoms with Gasteiger partial charge in [-0.3, -0.25) is 14.5 Å². The fraction of sp³-hybridized carbons (Fsp3) is 0.333. The van der Waals surface area contributed by atoms with Gasteiger partial charge < -0.3 is 5.32 Å². The van der Waals surface area contributed by atoms with E-state index in [0.29, 0.717) is 17.3 Å². The molecule has 1 heterocycles. The van der Waals surface area contributed by atoms with Crippen LogP contribution >= 0.6 is 27.5 Å². The van der Waals surface area contributed by atoms with E-state index in [2.05, 4.69) is 21.2 Å². The van der Waals surface area contributed by atoms with Crippen LogP contribution in [0.25, 0.3) is 0 Å². The zero-order valence-electron chi connectivity index (χ0n) is 9.74. The highest BCUT2D eigenvalue weighted by atomic mass is 79.9. The van der Waals surface area contributed by atoms with E-state index in [1.54, 1.807) is 19.1 Å². The van der Waals surface area contributed by atoms with Crippen LogP contribution in [-0.2, 0) is 9.59 Å². The number of benzene rings is 1. The van der Waals surface area contributed by atoms with Crippen molar-refractivity contribution in [2.24, 2.45) is 0 Å². The van der Waals surface area contributed by atoms with Crippen molar-refractivity contribution in [1.82, 2.24) is 4.90 Å². The van der Waals surface area contributed by atoms with Gasteiger partial charge in [-0.2, -0.15) is 0 Å². The third-order valence-corrected chi connectivity index (χ3v) is 3.63. The second-order valence-electron chi connectivity index (χ2n) is 4.00. The van der Waals surface area contributed by atoms with Crippen LogP contribution in [0, 0.1) is 0 Å². The SMILES string of the molecule is CCN1C(=O)CC(Nc2ccc(Br)cc2Cl)C1=O. The summed E-state index contributed by atoms with van der Waals surface area (Å²) >= 11 is 9.37. The number of carbonyl (C=O) groups is 2. The maximum absolute atomic E-state index is 11.9. The van der Waals surface area contributed by atoms with Gasteiger partial charge in [0.05, 0.1) is 17.1 Å². The largest absolute Gasteiger partial charge is 0.372 e. The summed E-state index contributed by atoms with van der Waals surface area (Å²) in [5.74, 6) is -0.338. The van der Waals surface area contributed by atoms with Crippen molar-refractivity contribution >= 4 is 45.0 Å². The highest BCUT2D eigenvalue weighted by molar-refractivity contribution is 9.10. The van der Waals surface area contributed by atoms with Gasteiger partial charge in [-0.25, -0.2) is 0 Å². The molecule has 1 saturated heterocycles. The van der Waals surface area contributed by atoms with Gasteiger partial charge in [-0.1, -0.05) is 27.5 Å². The van der Waals surface area contributed by atoms with Crippen LogP contribution in [0.15, 0.2) is 22.7 Å². The number of carbonyl (C=O) groups excluding carboxylic acids is 2. The molecule has 0 spiro atoms. The topological polar surface area (TPSA) is 49.4 Å². The number of anilines is 1. The second kappa shape index (κ2) is 5.28. The Morgan fingerprint density at radius 1 is 1.50 bits per heavy atom. The van der Waals surface area contributed by atoms with Gasteiger partial charge in [0, 0.05) is 11.0 Å². The lowest BCUT2D eigenvalue weighted by atomic mass is 10.2. The Morgan fingerprint density at radius 2 is 2.22 bits per heavy atom. The smallest absolute Gasteiger partial charge is 0.252 e. The van der Waals surface area contributed by atoms with Crippen LogP contribution < -0.4 is 5.32 Å². The van der Waals surface area contributed by atoms with Gasteiger partial charge in [0.15, 0.2) is 0 Å². The van der Waals surface area contributed by atoms with Gasteiger partial charge in [-0.05, 0) is 25.1 Å². The van der Waals surface area contributed by atoms with E-state index < -0.39 is 6.04 Å². The molecule has 0 radical (unpaired) electrons. The number of amides is 2. The van der Waals surface area contributed by atoms with Crippen molar-refractivity contribution in [1.29, 1.82) is 0 Å². The summed E-state index contributed by atoms with van der Waals surface area (Å²) in [6.07, 6.45) is 0.180. The van der Waals surface area contributed by atoms with Crippen molar-refractivity contribution in [3.8, 4) is 0 Å². The Hall–Kier alpha value is -1.07. The Labute approximate surface area is 118 Å². The maximum Gasteiger partial charge on any atom is 0.252 e. The zero-order valence-corrected chi connectivity index (χ0v) is 12.1. The van der Waals surface area contributed by atoms with Crippen molar-refractivity contribution < 1.29 is 9.59 Å². The molecule has 18 heavy (non-hydrogen) atoms. The molecule has 0 bridgehead atoms. The van der Waals surface area contributed by atoms with Crippen LogP contribution in [-0.4, -0.2) is 29.3 Å². The Bertz CT molecular complexity index is 507. The van der Waals surface area contributed by atoms with E-state index in [4.69, 9.17) is 11.6 Å². The molecule has 1 N–H and O–H groups in total. The third kappa shape index (κ3) is 2.52. The standard InChI is InChI=1S/C12H12BrClN2O2/c1-2-16-11(17)6-10(12(16)18)15-9-4-3-7(13)5-8(9)14/h3-5,10,15H,2,6H2,1H3. The number of halogens is 2. The zero-order chi connectivity index (χ0) is 13.3. The first kappa shape index (κ1) is 13.4. The summed E-state index contributed by atoms with van der Waals surface area (Å²) in [7, 11) is 0. The highest BCUT2D eigenvalue weighted by Gasteiger charge is 2.37. The molecule has 1 atom stereocenters. The number of hydrogen-bond donors (Lipinski definition) is 1. The number of nitrogens with one attached hydrogen (secondary N) is 1. The molecule has 1 fully saturated rings. The van der Waals surface area contributed by atoms with E-state index in [0.717, 1.165) is 4.47 Å². The van der Waals surface area contributed by atoms with Gasteiger partial charge in [0.1, 0.15) is 6.04 Å². The summed E-state index contributed by atoms with van der Waals surface area (Å²) < 4.78 is 0.863. The summed E-state index contributed by atoms with van der Waals surface area (Å²) in [5.41, 5.74) is 0.656. The molecule has 4 nitrogen and oxygen atoms in total. The molecule has 1 aromatic rings. The maximum atomic E-state index is 11.9. The highest BCUT2D eigenvalue weighted by Crippen LogP contribution is 2.28. The summed E-state index contributed by atoms with van der Waals surface area (Å²) in [4.78, 5) is 24.8. The van der Waals surface area contributed by atoms with Gasteiger partial charge >= 0.3 is 0 Å². The first-order chi connectivity index (χ1) is 8.52. The first-order valence-electron chi connectivity index (χ1n) is 5.58. The molecular weight excluding hydrogens is 320 g/mol. The molecule has 1 aliphatic heterocycles. The van der Waals surface area contributed by atoms with E-state index >= 15 is 0 Å². The average Bonchev–Trinajstić information content (AvgIpc) is 2.58. The molecule has 0 aromatic heterocycles. The number of imide groups is 1. The number of nitrogens with zero attached hydrogens (tertiary/aromatic N) is 1. The fourth-order valence-electron chi connectivity index (χ4n) is 1.92. The number of rotatable bonds is 3. The molecule has 0 aliphatic carbocycles. The van der Waals surface area contributed by atoms with E-state index in [1.807, 2.05) is 6.07 Å². The lowest BCUT2D eigenvalue weighted by Gasteiger charge is -2.15. The van der Waals surface area contributed by atoms with Crippen LogP contribution in [0.2, 0.25) is 5.02 Å². The van der Waals surface area contributed by atoms with Crippen LogP contribution in [0.3, 0.4) is 0 Å². The lowest BCUT2D eigenvalue weighted by Crippen LogP contribution is -2.34. The van der Waals surface area contributed by atoms with Gasteiger partial charge in [-0.15, -0.1) is 0 Å². The lowest BCUT2D eigenvalue weighted by molar-refractivity contribution is -0.138. The van der Waals surface area contributed by atoms with Crippen molar-refractivity contribution in [2.75, 3.05) is 11.9 Å². The number of likely N-dealkylation sites (tertiary alicyclic amines) is 1. The Balaban J connectivity index is 2.15. The van der Waals surface area contributed by atoms with Crippen LogP contribution in [0.4, 0.5) is 5.69 Å². The summed E-state index contributed by atoms with van der Waals surface area (Å²) in [6.45, 7) is 2.19. The van der Waals surface area contributed by atoms with Crippen molar-refractivity contribution in [2.45, 2.75) is 19.4 Å². The van der Waals surface area contributed by atoms with Crippen LogP contribution in [0.5, 0.6) is 0 Å². The Kier molecular flexibility index (Phi) is 3.92. The van der Waals surface area contributed by atoms with Gasteiger partial charge in [0.2, 0.25) is 5.91 Å². The Morgan fingerprint density at radius 3 is 2.78 bits per heavy atom. The molecule has 1 unspecified atom stereocenters. The fourth-order valence-corrected chi connectivity index (χ4v) is 2.65. The average molecular weight is 332 g/mol. The van der Waals surface area contributed by atoms with E-state index in [1.165, 1.54) is 4.90 Å². The first-order valence-corrected chi connectivity index (χ1v) is 6.75. The molecule has 2 amide bonds. The van der Waals surface area contributed by atoms with Crippen molar-refractivity contribution in [3.63, 3.8) is 0 Å². The van der Waals surface area contributed by atoms with Gasteiger partial charge in [0.25, 0.3) is 5.91 Å². The molecule has 6 heteroatoms. The predicted molar refractivity (Wildman–Crippen MR) is 73.6 cm³/mol. The third-order valence-electron chi connectivity index (χ3n) is 2.82. The minimum atomic E-state index is -0.517. The molecule has 1 aromatic carbocycles. The second-order valence-corrected chi connectivity index (χ2v) is 5.32. The monoisotopic (exact) mass is 330 g/mol. The molecule has 96 valence electrons. The van der Waals surface area contributed by atoms with E-state index in [9.17, 15) is 9.59 Å². The predicted octanol–water partition coefficient (Wildman–Crippen LogP) is 2.66. The molecule has 1 aliphatic rings. The quantitative estimate of drug-likeness (QED) is 0.866. The summed E-state index contributed by atoms with van der Waals surface area (Å²) in [5, 5.41) is 3.53. The van der Waals surface area contributed by atoms with Crippen LogP contribution in [0.1, 0.15) is 13.3 Å². The minimum Gasteiger partial charge on any atom is -0.372 e. The molecular formula is C12H12BrClN2O2.